The molecule has 0 bridgehead atoms. The van der Waals surface area contributed by atoms with Crippen LogP contribution in [0.25, 0.3) is 6.08 Å². The molecule has 19 heavy (non-hydrogen) atoms. The summed E-state index contributed by atoms with van der Waals surface area (Å²) in [6, 6.07) is 9.31. The minimum absolute atomic E-state index is 0.235. The Labute approximate surface area is 113 Å². The Kier molecular flexibility index (Phi) is 3.00. The lowest BCUT2D eigenvalue weighted by Gasteiger charge is -2.45. The SMILES string of the molecule is O=S(=O)(C=Cc1ccccc1)N1CC(O)(C2CC2)C1. The number of nitrogens with zero attached hydrogens (tertiary/aromatic N) is 1. The molecule has 0 aromatic heterocycles. The zero-order chi connectivity index (χ0) is 13.5. The topological polar surface area (TPSA) is 57.6 Å². The Morgan fingerprint density at radius 3 is 2.42 bits per heavy atom. The van der Waals surface area contributed by atoms with Crippen LogP contribution in [0.2, 0.25) is 0 Å². The van der Waals surface area contributed by atoms with Crippen LogP contribution in [0.5, 0.6) is 0 Å². The van der Waals surface area contributed by atoms with Gasteiger partial charge in [-0.25, -0.2) is 8.42 Å². The molecule has 1 N–H and O–H groups in total. The molecule has 1 saturated heterocycles. The third-order valence-corrected chi connectivity index (χ3v) is 5.29. The van der Waals surface area contributed by atoms with Crippen molar-refractivity contribution < 1.29 is 13.5 Å². The van der Waals surface area contributed by atoms with Crippen LogP contribution >= 0.6 is 0 Å². The van der Waals surface area contributed by atoms with Crippen LogP contribution < -0.4 is 0 Å². The van der Waals surface area contributed by atoms with Gasteiger partial charge >= 0.3 is 0 Å². The molecule has 5 heteroatoms. The molecule has 2 fully saturated rings. The third-order valence-electron chi connectivity index (χ3n) is 3.83. The summed E-state index contributed by atoms with van der Waals surface area (Å²) in [7, 11) is -3.41. The first-order valence-corrected chi connectivity index (χ1v) is 7.96. The lowest BCUT2D eigenvalue weighted by Crippen LogP contribution is -2.64. The predicted octanol–water partition coefficient (Wildman–Crippen LogP) is 1.44. The maximum atomic E-state index is 12.0. The molecule has 102 valence electrons. The second-order valence-electron chi connectivity index (χ2n) is 5.40. The van der Waals surface area contributed by atoms with E-state index < -0.39 is 15.6 Å². The summed E-state index contributed by atoms with van der Waals surface area (Å²) in [5, 5.41) is 11.4. The molecule has 1 heterocycles. The van der Waals surface area contributed by atoms with E-state index >= 15 is 0 Å². The van der Waals surface area contributed by atoms with Crippen molar-refractivity contribution in [2.24, 2.45) is 5.92 Å². The van der Waals surface area contributed by atoms with Gasteiger partial charge in [0.2, 0.25) is 10.0 Å². The molecule has 1 aliphatic heterocycles. The molecule has 1 saturated carbocycles. The van der Waals surface area contributed by atoms with Crippen LogP contribution in [0.1, 0.15) is 18.4 Å². The second kappa shape index (κ2) is 4.44. The van der Waals surface area contributed by atoms with E-state index in [-0.39, 0.29) is 13.1 Å². The quantitative estimate of drug-likeness (QED) is 0.907. The Morgan fingerprint density at radius 1 is 1.21 bits per heavy atom. The van der Waals surface area contributed by atoms with Crippen LogP contribution in [0.4, 0.5) is 0 Å². The van der Waals surface area contributed by atoms with E-state index in [1.54, 1.807) is 6.08 Å². The molecule has 0 radical (unpaired) electrons. The highest BCUT2D eigenvalue weighted by Gasteiger charge is 2.54. The maximum absolute atomic E-state index is 12.0. The van der Waals surface area contributed by atoms with E-state index in [1.807, 2.05) is 30.3 Å². The first kappa shape index (κ1) is 12.8. The minimum Gasteiger partial charge on any atom is -0.387 e. The average molecular weight is 279 g/mol. The molecular formula is C14H17NO3S. The summed E-state index contributed by atoms with van der Waals surface area (Å²) in [6.45, 7) is 0.470. The fraction of sp³-hybridized carbons (Fsp3) is 0.429. The van der Waals surface area contributed by atoms with E-state index in [2.05, 4.69) is 0 Å². The van der Waals surface area contributed by atoms with Crippen LogP contribution in [0, 0.1) is 5.92 Å². The summed E-state index contributed by atoms with van der Waals surface area (Å²) in [5.41, 5.74) is 0.0808. The van der Waals surface area contributed by atoms with Crippen LogP contribution in [-0.2, 0) is 10.0 Å². The van der Waals surface area contributed by atoms with Gasteiger partial charge in [0.25, 0.3) is 0 Å². The number of β-amino-alcohol motifs (C(OH)–C–C–N with tert-alkyl or cyclic N) is 1. The van der Waals surface area contributed by atoms with E-state index in [0.717, 1.165) is 18.4 Å². The Balaban J connectivity index is 1.66. The van der Waals surface area contributed by atoms with Gasteiger partial charge in [-0.15, -0.1) is 0 Å². The van der Waals surface area contributed by atoms with Crippen molar-refractivity contribution in [3.8, 4) is 0 Å². The van der Waals surface area contributed by atoms with E-state index in [1.165, 1.54) is 9.71 Å². The van der Waals surface area contributed by atoms with Crippen molar-refractivity contribution in [2.75, 3.05) is 13.1 Å². The molecular weight excluding hydrogens is 262 g/mol. The molecule has 4 nitrogen and oxygen atoms in total. The smallest absolute Gasteiger partial charge is 0.236 e. The van der Waals surface area contributed by atoms with Gasteiger partial charge < -0.3 is 5.11 Å². The van der Waals surface area contributed by atoms with Gasteiger partial charge in [0.15, 0.2) is 0 Å². The summed E-state index contributed by atoms with van der Waals surface area (Å²) in [6.07, 6.45) is 3.62. The summed E-state index contributed by atoms with van der Waals surface area (Å²) in [5.74, 6) is 0.303. The number of rotatable bonds is 4. The molecule has 3 rings (SSSR count). The van der Waals surface area contributed by atoms with Gasteiger partial charge in [-0.05, 0) is 30.4 Å². The lowest BCUT2D eigenvalue weighted by molar-refractivity contribution is -0.0759. The van der Waals surface area contributed by atoms with Gasteiger partial charge in [-0.1, -0.05) is 30.3 Å². The molecule has 1 aliphatic carbocycles. The van der Waals surface area contributed by atoms with Crippen LogP contribution in [0.15, 0.2) is 35.7 Å². The fourth-order valence-corrected chi connectivity index (χ4v) is 3.75. The Morgan fingerprint density at radius 2 is 1.84 bits per heavy atom. The lowest BCUT2D eigenvalue weighted by atomic mass is 9.91. The number of benzene rings is 1. The first-order valence-electron chi connectivity index (χ1n) is 6.45. The standard InChI is InChI=1S/C14H17NO3S/c16-14(13-6-7-13)10-15(11-14)19(17,18)9-8-12-4-2-1-3-5-12/h1-5,8-9,13,16H,6-7,10-11H2. The van der Waals surface area contributed by atoms with Gasteiger partial charge in [0.05, 0.1) is 5.60 Å². The fourth-order valence-electron chi connectivity index (χ4n) is 2.44. The first-order chi connectivity index (χ1) is 9.00. The Hall–Kier alpha value is -1.17. The van der Waals surface area contributed by atoms with Crippen molar-refractivity contribution >= 4 is 16.1 Å². The van der Waals surface area contributed by atoms with Gasteiger partial charge in [0.1, 0.15) is 0 Å². The molecule has 1 aromatic rings. The zero-order valence-corrected chi connectivity index (χ0v) is 11.4. The highest BCUT2D eigenvalue weighted by Crippen LogP contribution is 2.45. The van der Waals surface area contributed by atoms with Gasteiger partial charge in [-0.2, -0.15) is 4.31 Å². The molecule has 2 aliphatic rings. The van der Waals surface area contributed by atoms with E-state index in [0.29, 0.717) is 5.92 Å². The molecule has 0 atom stereocenters. The maximum Gasteiger partial charge on any atom is 0.236 e. The number of hydrogen-bond donors (Lipinski definition) is 1. The summed E-state index contributed by atoms with van der Waals surface area (Å²) < 4.78 is 25.4. The van der Waals surface area contributed by atoms with Crippen LogP contribution in [0.3, 0.4) is 0 Å². The van der Waals surface area contributed by atoms with E-state index in [4.69, 9.17) is 0 Å². The van der Waals surface area contributed by atoms with Crippen molar-refractivity contribution in [1.82, 2.24) is 4.31 Å². The van der Waals surface area contributed by atoms with Crippen LogP contribution in [-0.4, -0.2) is 36.5 Å². The average Bonchev–Trinajstić information content (AvgIpc) is 3.18. The van der Waals surface area contributed by atoms with Crippen molar-refractivity contribution in [3.05, 3.63) is 41.3 Å². The summed E-state index contributed by atoms with van der Waals surface area (Å²) in [4.78, 5) is 0. The normalized spacial score (nSPS) is 23.4. The predicted molar refractivity (Wildman–Crippen MR) is 73.6 cm³/mol. The highest BCUT2D eigenvalue weighted by atomic mass is 32.2. The minimum atomic E-state index is -3.41. The van der Waals surface area contributed by atoms with Gasteiger partial charge in [0, 0.05) is 18.5 Å². The monoisotopic (exact) mass is 279 g/mol. The van der Waals surface area contributed by atoms with Crippen molar-refractivity contribution in [1.29, 1.82) is 0 Å². The largest absolute Gasteiger partial charge is 0.387 e. The zero-order valence-electron chi connectivity index (χ0n) is 10.6. The van der Waals surface area contributed by atoms with E-state index in [9.17, 15) is 13.5 Å². The number of hydrogen-bond acceptors (Lipinski definition) is 3. The number of sulfonamides is 1. The Bertz CT molecular complexity index is 584. The van der Waals surface area contributed by atoms with Crippen molar-refractivity contribution in [2.45, 2.75) is 18.4 Å². The molecule has 0 spiro atoms. The molecule has 0 unspecified atom stereocenters. The van der Waals surface area contributed by atoms with Gasteiger partial charge in [-0.3, -0.25) is 0 Å². The summed E-state index contributed by atoms with van der Waals surface area (Å²) >= 11 is 0. The second-order valence-corrected chi connectivity index (χ2v) is 7.22. The molecule has 0 amide bonds. The third kappa shape index (κ3) is 2.59. The molecule has 1 aromatic carbocycles. The number of aliphatic hydroxyl groups is 1. The van der Waals surface area contributed by atoms with Crippen molar-refractivity contribution in [3.63, 3.8) is 0 Å². The highest BCUT2D eigenvalue weighted by molar-refractivity contribution is 7.92.